The molecule has 1 saturated carbocycles. The molecule has 3 aliphatic rings. The molecule has 1 fully saturated rings. The Hall–Kier alpha value is -2.01. The minimum absolute atomic E-state index is 0.0368. The van der Waals surface area contributed by atoms with E-state index in [9.17, 15) is 0 Å². The average molecular weight is 441 g/mol. The Bertz CT molecular complexity index is 890. The lowest BCUT2D eigenvalue weighted by molar-refractivity contribution is -0.0644. The van der Waals surface area contributed by atoms with Crippen molar-refractivity contribution in [1.29, 1.82) is 0 Å². The number of hydrogen-bond donors (Lipinski definition) is 0. The van der Waals surface area contributed by atoms with Crippen LogP contribution in [0.15, 0.2) is 52.0 Å². The second-order valence-corrected chi connectivity index (χ2v) is 8.88. The van der Waals surface area contributed by atoms with E-state index >= 15 is 0 Å². The summed E-state index contributed by atoms with van der Waals surface area (Å²) < 4.78 is 12.9. The predicted octanol–water partition coefficient (Wildman–Crippen LogP) is 5.91. The molecule has 28 heavy (non-hydrogen) atoms. The molecule has 2 aromatic carbocycles. The number of rotatable bonds is 3. The molecule has 2 unspecified atom stereocenters. The monoisotopic (exact) mass is 440 g/mol. The number of ether oxygens (including phenoxy) is 2. The van der Waals surface area contributed by atoms with Crippen molar-refractivity contribution in [2.45, 2.75) is 50.8 Å². The van der Waals surface area contributed by atoms with E-state index in [2.05, 4.69) is 51.3 Å². The lowest BCUT2D eigenvalue weighted by atomic mass is 9.86. The summed E-state index contributed by atoms with van der Waals surface area (Å²) in [5, 5.41) is 7.34. The van der Waals surface area contributed by atoms with Crippen LogP contribution in [-0.4, -0.2) is 24.1 Å². The zero-order valence-corrected chi connectivity index (χ0v) is 17.7. The molecule has 0 saturated heterocycles. The molecule has 0 N–H and O–H groups in total. The summed E-state index contributed by atoms with van der Waals surface area (Å²) >= 11 is 3.63. The molecule has 146 valence electrons. The van der Waals surface area contributed by atoms with Crippen molar-refractivity contribution in [1.82, 2.24) is 5.01 Å². The summed E-state index contributed by atoms with van der Waals surface area (Å²) in [7, 11) is 1.70. The Balaban J connectivity index is 1.51. The summed E-state index contributed by atoms with van der Waals surface area (Å²) in [5.41, 5.74) is 3.52. The zero-order chi connectivity index (χ0) is 19.1. The van der Waals surface area contributed by atoms with Crippen LogP contribution in [0.2, 0.25) is 0 Å². The van der Waals surface area contributed by atoms with Gasteiger partial charge in [0.1, 0.15) is 11.5 Å². The topological polar surface area (TPSA) is 34.1 Å². The lowest BCUT2D eigenvalue weighted by Crippen LogP contribution is -2.45. The highest BCUT2D eigenvalue weighted by Gasteiger charge is 2.43. The highest BCUT2D eigenvalue weighted by atomic mass is 79.9. The molecule has 5 heteroatoms. The highest BCUT2D eigenvalue weighted by Crippen LogP contribution is 2.47. The Kier molecular flexibility index (Phi) is 4.79. The van der Waals surface area contributed by atoms with E-state index in [0.29, 0.717) is 5.92 Å². The van der Waals surface area contributed by atoms with Crippen molar-refractivity contribution >= 4 is 21.6 Å². The molecule has 5 rings (SSSR count). The van der Waals surface area contributed by atoms with E-state index in [1.165, 1.54) is 37.7 Å². The Morgan fingerprint density at radius 1 is 1.07 bits per heavy atom. The van der Waals surface area contributed by atoms with Crippen molar-refractivity contribution in [3.05, 3.63) is 58.1 Å². The van der Waals surface area contributed by atoms with Gasteiger partial charge in [-0.05, 0) is 60.9 Å². The number of fused-ring (bicyclic) bond motifs is 3. The molecule has 0 spiro atoms. The van der Waals surface area contributed by atoms with Gasteiger partial charge in [0.2, 0.25) is 0 Å². The Morgan fingerprint density at radius 2 is 1.86 bits per heavy atom. The molecule has 0 radical (unpaired) electrons. The third kappa shape index (κ3) is 3.20. The average Bonchev–Trinajstić information content (AvgIpc) is 3.20. The normalized spacial score (nSPS) is 24.2. The van der Waals surface area contributed by atoms with Gasteiger partial charge < -0.3 is 9.47 Å². The maximum absolute atomic E-state index is 6.54. The van der Waals surface area contributed by atoms with Gasteiger partial charge in [-0.1, -0.05) is 35.2 Å². The molecule has 4 nitrogen and oxygen atoms in total. The summed E-state index contributed by atoms with van der Waals surface area (Å²) in [5.74, 6) is 2.44. The Morgan fingerprint density at radius 3 is 2.61 bits per heavy atom. The number of halogens is 1. The van der Waals surface area contributed by atoms with Crippen LogP contribution in [0.3, 0.4) is 0 Å². The van der Waals surface area contributed by atoms with Gasteiger partial charge in [-0.25, -0.2) is 5.01 Å². The molecule has 0 amide bonds. The van der Waals surface area contributed by atoms with Crippen LogP contribution >= 0.6 is 15.9 Å². The molecule has 0 aromatic heterocycles. The fraction of sp³-hybridized carbons (Fsp3) is 0.435. The van der Waals surface area contributed by atoms with Crippen LogP contribution in [0.5, 0.6) is 11.5 Å². The van der Waals surface area contributed by atoms with Crippen LogP contribution in [0.1, 0.15) is 55.7 Å². The van der Waals surface area contributed by atoms with E-state index < -0.39 is 0 Å². The highest BCUT2D eigenvalue weighted by molar-refractivity contribution is 9.10. The number of methoxy groups -OCH3 is 1. The van der Waals surface area contributed by atoms with E-state index in [4.69, 9.17) is 14.6 Å². The maximum Gasteiger partial charge on any atom is 0.190 e. The van der Waals surface area contributed by atoms with Gasteiger partial charge >= 0.3 is 0 Å². The molecule has 2 atom stereocenters. The molecule has 2 aliphatic heterocycles. The minimum Gasteiger partial charge on any atom is -0.497 e. The van der Waals surface area contributed by atoms with E-state index in [0.717, 1.165) is 33.7 Å². The fourth-order valence-electron chi connectivity index (χ4n) is 4.77. The second-order valence-electron chi connectivity index (χ2n) is 7.96. The molecule has 2 heterocycles. The van der Waals surface area contributed by atoms with E-state index in [1.54, 1.807) is 7.11 Å². The summed E-state index contributed by atoms with van der Waals surface area (Å²) in [6.07, 6.45) is 7.34. The van der Waals surface area contributed by atoms with Gasteiger partial charge in [-0.2, -0.15) is 5.10 Å². The summed E-state index contributed by atoms with van der Waals surface area (Å²) in [4.78, 5) is 0. The summed E-state index contributed by atoms with van der Waals surface area (Å²) in [6, 6.07) is 14.8. The van der Waals surface area contributed by atoms with Crippen molar-refractivity contribution in [3.63, 3.8) is 0 Å². The first-order valence-electron chi connectivity index (χ1n) is 10.2. The first kappa shape index (κ1) is 18.0. The van der Waals surface area contributed by atoms with Crippen molar-refractivity contribution in [2.24, 2.45) is 11.0 Å². The standard InChI is InChI=1S/C23H25BrN2O2/c1-27-18-10-7-15(8-11-18)20-14-21-19-13-17(24)9-12-22(19)28-23(26(21)25-20)16-5-3-2-4-6-16/h7-13,16,21,23H,2-6,14H2,1H3. The molecule has 1 aliphatic carbocycles. The SMILES string of the molecule is COc1ccc(C2=NN3C(C2)c2cc(Br)ccc2OC3C2CCCCC2)cc1. The largest absolute Gasteiger partial charge is 0.497 e. The van der Waals surface area contributed by atoms with Gasteiger partial charge in [0.15, 0.2) is 6.23 Å². The van der Waals surface area contributed by atoms with Gasteiger partial charge in [-0.3, -0.25) is 0 Å². The maximum atomic E-state index is 6.54. The Labute approximate surface area is 174 Å². The number of hydrogen-bond acceptors (Lipinski definition) is 4. The smallest absolute Gasteiger partial charge is 0.190 e. The van der Waals surface area contributed by atoms with Crippen molar-refractivity contribution in [2.75, 3.05) is 7.11 Å². The minimum atomic E-state index is 0.0368. The van der Waals surface area contributed by atoms with Crippen LogP contribution in [0.25, 0.3) is 0 Å². The molecule has 0 bridgehead atoms. The quantitative estimate of drug-likeness (QED) is 0.594. The van der Waals surface area contributed by atoms with Gasteiger partial charge in [-0.15, -0.1) is 0 Å². The van der Waals surface area contributed by atoms with Gasteiger partial charge in [0.05, 0.1) is 18.9 Å². The van der Waals surface area contributed by atoms with Crippen molar-refractivity contribution in [3.8, 4) is 11.5 Å². The number of hydrazone groups is 1. The molecular weight excluding hydrogens is 416 g/mol. The summed E-state index contributed by atoms with van der Waals surface area (Å²) in [6.45, 7) is 0. The number of nitrogens with zero attached hydrogens (tertiary/aromatic N) is 2. The van der Waals surface area contributed by atoms with Crippen LogP contribution < -0.4 is 9.47 Å². The first-order valence-corrected chi connectivity index (χ1v) is 11.0. The van der Waals surface area contributed by atoms with Gasteiger partial charge in [0.25, 0.3) is 0 Å². The van der Waals surface area contributed by atoms with Crippen LogP contribution in [0.4, 0.5) is 0 Å². The molecular formula is C23H25BrN2O2. The van der Waals surface area contributed by atoms with Crippen molar-refractivity contribution < 1.29 is 9.47 Å². The predicted molar refractivity (Wildman–Crippen MR) is 114 cm³/mol. The third-order valence-electron chi connectivity index (χ3n) is 6.26. The zero-order valence-electron chi connectivity index (χ0n) is 16.1. The lowest BCUT2D eigenvalue weighted by Gasteiger charge is -2.42. The van der Waals surface area contributed by atoms with Crippen LogP contribution in [0, 0.1) is 5.92 Å². The van der Waals surface area contributed by atoms with E-state index in [1.807, 2.05) is 12.1 Å². The number of benzene rings is 2. The third-order valence-corrected chi connectivity index (χ3v) is 6.75. The van der Waals surface area contributed by atoms with Gasteiger partial charge in [0, 0.05) is 22.4 Å². The van der Waals surface area contributed by atoms with Crippen LogP contribution in [-0.2, 0) is 0 Å². The molecule has 2 aromatic rings. The van der Waals surface area contributed by atoms with E-state index in [-0.39, 0.29) is 12.3 Å². The first-order chi connectivity index (χ1) is 13.7. The fourth-order valence-corrected chi connectivity index (χ4v) is 5.15. The second kappa shape index (κ2) is 7.43.